The highest BCUT2D eigenvalue weighted by atomic mass is 31.2. The molecule has 0 saturated carbocycles. The Labute approximate surface area is 645 Å². The fourth-order valence-corrected chi connectivity index (χ4v) is 14.9. The van der Waals surface area contributed by atoms with Gasteiger partial charge in [-0.2, -0.15) is 0 Å². The lowest BCUT2D eigenvalue weighted by Gasteiger charge is -2.21. The third-order valence-electron chi connectivity index (χ3n) is 20.1. The van der Waals surface area contributed by atoms with Crippen LogP contribution >= 0.6 is 15.6 Å². The number of carbonyl (C=O) groups excluding carboxylic acids is 4. The molecular formula is C86H168O17P2. The Bertz CT molecular complexity index is 2040. The number of ether oxygens (including phenoxy) is 4. The molecular weight excluding hydrogens is 1370 g/mol. The van der Waals surface area contributed by atoms with Crippen molar-refractivity contribution in [2.45, 2.75) is 465 Å². The third-order valence-corrected chi connectivity index (χ3v) is 22.0. The Morgan fingerprint density at radius 2 is 0.400 bits per heavy atom. The Balaban J connectivity index is 5.20. The van der Waals surface area contributed by atoms with Crippen LogP contribution < -0.4 is 0 Å². The molecule has 0 aromatic heterocycles. The van der Waals surface area contributed by atoms with Gasteiger partial charge in [-0.3, -0.25) is 37.3 Å². The van der Waals surface area contributed by atoms with Crippen molar-refractivity contribution < 1.29 is 80.2 Å². The average molecular weight is 1540 g/mol. The largest absolute Gasteiger partial charge is 0.472 e. The molecule has 0 amide bonds. The van der Waals surface area contributed by atoms with E-state index >= 15 is 0 Å². The van der Waals surface area contributed by atoms with Gasteiger partial charge in [0.25, 0.3) is 0 Å². The van der Waals surface area contributed by atoms with Crippen molar-refractivity contribution in [1.29, 1.82) is 0 Å². The lowest BCUT2D eigenvalue weighted by molar-refractivity contribution is -0.161. The van der Waals surface area contributed by atoms with Crippen LogP contribution in [0.4, 0.5) is 0 Å². The maximum absolute atomic E-state index is 13.1. The van der Waals surface area contributed by atoms with Crippen LogP contribution in [-0.2, 0) is 65.4 Å². The van der Waals surface area contributed by atoms with Gasteiger partial charge in [-0.1, -0.05) is 396 Å². The van der Waals surface area contributed by atoms with E-state index in [4.69, 9.17) is 37.0 Å². The van der Waals surface area contributed by atoms with Crippen molar-refractivity contribution in [3.63, 3.8) is 0 Å². The van der Waals surface area contributed by atoms with Crippen LogP contribution in [0, 0.1) is 23.7 Å². The maximum Gasteiger partial charge on any atom is 0.472 e. The second-order valence-electron chi connectivity index (χ2n) is 32.8. The molecule has 0 rings (SSSR count). The number of hydrogen-bond acceptors (Lipinski definition) is 15. The van der Waals surface area contributed by atoms with Crippen LogP contribution in [0.15, 0.2) is 0 Å². The number of aliphatic hydroxyl groups excluding tert-OH is 1. The summed E-state index contributed by atoms with van der Waals surface area (Å²) in [5.41, 5.74) is 0. The minimum atomic E-state index is -4.97. The first kappa shape index (κ1) is 103. The SMILES string of the molecule is CC(C)CCCCCCCCCCCCCCCCCCCCC(=O)OC[C@H](COP(=O)(O)OCC(O)COP(=O)(O)OC[C@@H](COC(=O)CCCCCCCCC(C)C)OC(=O)CCCCCCCCCCCCCCCCCC(C)C)OC(=O)CCCCCCCCCCCCCCCCC(C)C. The Kier molecular flexibility index (Phi) is 73.4. The first-order valence-corrected chi connectivity index (χ1v) is 47.2. The number of phosphoric acid groups is 2. The molecule has 3 unspecified atom stereocenters. The van der Waals surface area contributed by atoms with Crippen LogP contribution in [0.2, 0.25) is 0 Å². The van der Waals surface area contributed by atoms with Crippen molar-refractivity contribution in [1.82, 2.24) is 0 Å². The fraction of sp³-hybridized carbons (Fsp3) is 0.953. The summed E-state index contributed by atoms with van der Waals surface area (Å²) in [5.74, 6) is 0.990. The van der Waals surface area contributed by atoms with Gasteiger partial charge in [0.1, 0.15) is 19.3 Å². The van der Waals surface area contributed by atoms with E-state index in [1.807, 2.05) is 0 Å². The molecule has 5 atom stereocenters. The first-order chi connectivity index (χ1) is 50.6. The number of esters is 4. The summed E-state index contributed by atoms with van der Waals surface area (Å²) < 4.78 is 68.8. The summed E-state index contributed by atoms with van der Waals surface area (Å²) in [5, 5.41) is 10.7. The molecule has 0 saturated heterocycles. The van der Waals surface area contributed by atoms with Crippen molar-refractivity contribution in [2.75, 3.05) is 39.6 Å². The van der Waals surface area contributed by atoms with E-state index in [2.05, 4.69) is 55.4 Å². The maximum atomic E-state index is 13.1. The Hall–Kier alpha value is -1.94. The lowest BCUT2D eigenvalue weighted by atomic mass is 10.0. The Morgan fingerprint density at radius 1 is 0.238 bits per heavy atom. The van der Waals surface area contributed by atoms with Gasteiger partial charge in [0.15, 0.2) is 12.2 Å². The standard InChI is InChI=1S/C86H168O17P2/c1-76(2)62-54-46-38-32-26-20-14-11-9-10-12-16-23-29-35-41-50-58-66-83(88)96-72-81(102-85(90)68-61-53-43-37-31-25-19-18-22-28-34-40-48-56-64-78(5)6)74-100-104(92,93)98-70-80(87)71-99-105(94,95)101-75-82(73-97-84(89)67-59-51-45-44-49-57-65-79(7)8)103-86(91)69-60-52-42-36-30-24-17-13-15-21-27-33-39-47-55-63-77(3)4/h76-82,87H,9-75H2,1-8H3,(H,92,93)(H,94,95)/t80?,81-,82-/m1/s1. The monoisotopic (exact) mass is 1540 g/mol. The number of rotatable bonds is 83. The smallest absolute Gasteiger partial charge is 0.462 e. The molecule has 0 heterocycles. The van der Waals surface area contributed by atoms with E-state index in [0.717, 1.165) is 114 Å². The number of carbonyl (C=O) groups is 4. The second-order valence-corrected chi connectivity index (χ2v) is 35.7. The molecule has 3 N–H and O–H groups in total. The Morgan fingerprint density at radius 3 is 0.590 bits per heavy atom. The molecule has 0 aromatic carbocycles. The molecule has 0 spiro atoms. The highest BCUT2D eigenvalue weighted by molar-refractivity contribution is 7.47. The summed E-state index contributed by atoms with van der Waals surface area (Å²) in [4.78, 5) is 73.2. The predicted octanol–water partition coefficient (Wildman–Crippen LogP) is 25.9. The number of unbranched alkanes of at least 4 members (excludes halogenated alkanes) is 49. The molecule has 0 aliphatic carbocycles. The second kappa shape index (κ2) is 74.8. The van der Waals surface area contributed by atoms with E-state index in [9.17, 15) is 43.2 Å². The van der Waals surface area contributed by atoms with Crippen molar-refractivity contribution in [3.8, 4) is 0 Å². The minimum Gasteiger partial charge on any atom is -0.462 e. The normalized spacial score (nSPS) is 13.9. The highest BCUT2D eigenvalue weighted by Crippen LogP contribution is 2.45. The number of phosphoric ester groups is 2. The van der Waals surface area contributed by atoms with Gasteiger partial charge >= 0.3 is 39.5 Å². The van der Waals surface area contributed by atoms with E-state index < -0.39 is 97.5 Å². The van der Waals surface area contributed by atoms with Gasteiger partial charge in [0.2, 0.25) is 0 Å². The van der Waals surface area contributed by atoms with Gasteiger partial charge in [-0.25, -0.2) is 9.13 Å². The zero-order valence-electron chi connectivity index (χ0n) is 69.4. The lowest BCUT2D eigenvalue weighted by Crippen LogP contribution is -2.30. The fourth-order valence-electron chi connectivity index (χ4n) is 13.3. The molecule has 0 radical (unpaired) electrons. The molecule has 105 heavy (non-hydrogen) atoms. The number of aliphatic hydroxyl groups is 1. The van der Waals surface area contributed by atoms with Gasteiger partial charge in [-0.05, 0) is 49.4 Å². The number of hydrogen-bond donors (Lipinski definition) is 3. The minimum absolute atomic E-state index is 0.107. The third kappa shape index (κ3) is 79.9. The zero-order valence-corrected chi connectivity index (χ0v) is 71.2. The highest BCUT2D eigenvalue weighted by Gasteiger charge is 2.30. The molecule has 0 fully saturated rings. The van der Waals surface area contributed by atoms with Crippen LogP contribution in [-0.4, -0.2) is 96.7 Å². The van der Waals surface area contributed by atoms with Crippen LogP contribution in [0.5, 0.6) is 0 Å². The molecule has 19 heteroatoms. The quantitative estimate of drug-likeness (QED) is 0.0222. The van der Waals surface area contributed by atoms with Crippen molar-refractivity contribution in [2.24, 2.45) is 23.7 Å². The molecule has 624 valence electrons. The van der Waals surface area contributed by atoms with E-state index in [1.165, 1.54) is 244 Å². The van der Waals surface area contributed by atoms with Crippen molar-refractivity contribution >= 4 is 39.5 Å². The molecule has 0 aliphatic rings. The average Bonchev–Trinajstić information content (AvgIpc) is 0.910. The van der Waals surface area contributed by atoms with Gasteiger partial charge in [0.05, 0.1) is 26.4 Å². The summed E-state index contributed by atoms with van der Waals surface area (Å²) in [6.45, 7) is 14.3. The summed E-state index contributed by atoms with van der Waals surface area (Å²) in [7, 11) is -9.93. The molecule has 0 aromatic rings. The van der Waals surface area contributed by atoms with Gasteiger partial charge in [-0.15, -0.1) is 0 Å². The predicted molar refractivity (Wildman–Crippen MR) is 432 cm³/mol. The topological polar surface area (TPSA) is 237 Å². The van der Waals surface area contributed by atoms with Crippen molar-refractivity contribution in [3.05, 3.63) is 0 Å². The summed E-state index contributed by atoms with van der Waals surface area (Å²) in [6, 6.07) is 0. The summed E-state index contributed by atoms with van der Waals surface area (Å²) in [6.07, 6.45) is 64.1. The van der Waals surface area contributed by atoms with Crippen LogP contribution in [0.3, 0.4) is 0 Å². The molecule has 0 aliphatic heterocycles. The van der Waals surface area contributed by atoms with Gasteiger partial charge < -0.3 is 33.8 Å². The van der Waals surface area contributed by atoms with E-state index in [0.29, 0.717) is 31.6 Å². The molecule has 0 bridgehead atoms. The van der Waals surface area contributed by atoms with Gasteiger partial charge in [0, 0.05) is 25.7 Å². The van der Waals surface area contributed by atoms with E-state index in [1.54, 1.807) is 0 Å². The van der Waals surface area contributed by atoms with Crippen LogP contribution in [0.25, 0.3) is 0 Å². The van der Waals surface area contributed by atoms with Crippen LogP contribution in [0.1, 0.15) is 447 Å². The van der Waals surface area contributed by atoms with E-state index in [-0.39, 0.29) is 25.7 Å². The first-order valence-electron chi connectivity index (χ1n) is 44.2. The summed E-state index contributed by atoms with van der Waals surface area (Å²) >= 11 is 0. The zero-order chi connectivity index (χ0) is 77.4. The molecule has 17 nitrogen and oxygen atoms in total.